The zero-order chi connectivity index (χ0) is 22.8. The van der Waals surface area contributed by atoms with E-state index in [9.17, 15) is 24.3 Å². The number of aliphatic carboxylic acids is 1. The number of aromatic nitrogens is 2. The molecule has 0 radical (unpaired) electrons. The first-order valence-electron chi connectivity index (χ1n) is 9.89. The van der Waals surface area contributed by atoms with Crippen LogP contribution in [0.5, 0.6) is 0 Å². The van der Waals surface area contributed by atoms with E-state index >= 15 is 0 Å². The second-order valence-electron chi connectivity index (χ2n) is 7.60. The largest absolute Gasteiger partial charge is 0.480 e. The summed E-state index contributed by atoms with van der Waals surface area (Å²) in [6.45, 7) is 6.85. The van der Waals surface area contributed by atoms with Gasteiger partial charge in [0.25, 0.3) is 0 Å². The van der Waals surface area contributed by atoms with Gasteiger partial charge in [-0.2, -0.15) is 0 Å². The van der Waals surface area contributed by atoms with E-state index < -0.39 is 48.4 Å². The molecule has 4 unspecified atom stereocenters. The molecule has 0 aliphatic carbocycles. The van der Waals surface area contributed by atoms with Gasteiger partial charge in [0.2, 0.25) is 17.7 Å². The molecule has 1 aromatic heterocycles. The minimum absolute atomic E-state index is 0.0215. The van der Waals surface area contributed by atoms with Crippen LogP contribution in [0.15, 0.2) is 12.5 Å². The maximum Gasteiger partial charge on any atom is 0.326 e. The van der Waals surface area contributed by atoms with Crippen molar-refractivity contribution in [3.8, 4) is 0 Å². The van der Waals surface area contributed by atoms with Gasteiger partial charge in [-0.15, -0.1) is 0 Å². The highest BCUT2D eigenvalue weighted by Crippen LogP contribution is 2.09. The Balaban J connectivity index is 2.66. The molecule has 0 saturated carbocycles. The molecular weight excluding hydrogens is 392 g/mol. The predicted octanol–water partition coefficient (Wildman–Crippen LogP) is -0.848. The molecular formula is C19H32N6O5. The van der Waals surface area contributed by atoms with Crippen molar-refractivity contribution < 1.29 is 24.3 Å². The van der Waals surface area contributed by atoms with Crippen molar-refractivity contribution in [3.63, 3.8) is 0 Å². The van der Waals surface area contributed by atoms with Crippen LogP contribution in [-0.2, 0) is 25.6 Å². The average molecular weight is 425 g/mol. The van der Waals surface area contributed by atoms with Gasteiger partial charge < -0.3 is 31.8 Å². The van der Waals surface area contributed by atoms with E-state index in [2.05, 4.69) is 25.9 Å². The number of rotatable bonds is 12. The maximum atomic E-state index is 12.6. The van der Waals surface area contributed by atoms with Gasteiger partial charge in [0.1, 0.15) is 12.1 Å². The van der Waals surface area contributed by atoms with E-state index in [4.69, 9.17) is 5.73 Å². The highest BCUT2D eigenvalue weighted by Gasteiger charge is 2.29. The Morgan fingerprint density at radius 2 is 1.83 bits per heavy atom. The Kier molecular flexibility index (Phi) is 9.96. The number of hydrogen-bond acceptors (Lipinski definition) is 6. The number of imidazole rings is 1. The molecule has 4 atom stereocenters. The lowest BCUT2D eigenvalue weighted by Crippen LogP contribution is -2.56. The second-order valence-corrected chi connectivity index (χ2v) is 7.60. The molecule has 30 heavy (non-hydrogen) atoms. The Morgan fingerprint density at radius 3 is 2.33 bits per heavy atom. The molecule has 0 aliphatic heterocycles. The summed E-state index contributed by atoms with van der Waals surface area (Å²) in [5.41, 5.74) is 6.39. The minimum atomic E-state index is -1.21. The fraction of sp³-hybridized carbons (Fsp3) is 0.632. The van der Waals surface area contributed by atoms with Crippen LogP contribution >= 0.6 is 0 Å². The van der Waals surface area contributed by atoms with Crippen molar-refractivity contribution in [2.45, 2.75) is 58.7 Å². The molecule has 0 fully saturated rings. The Hall–Kier alpha value is -2.95. The third-order valence-corrected chi connectivity index (χ3v) is 4.85. The maximum absolute atomic E-state index is 12.6. The highest BCUT2D eigenvalue weighted by molar-refractivity contribution is 5.92. The van der Waals surface area contributed by atoms with Gasteiger partial charge in [-0.05, 0) is 11.8 Å². The summed E-state index contributed by atoms with van der Waals surface area (Å²) >= 11 is 0. The molecule has 0 spiro atoms. The van der Waals surface area contributed by atoms with E-state index in [1.807, 2.05) is 6.92 Å². The summed E-state index contributed by atoms with van der Waals surface area (Å²) in [7, 11) is 0. The molecule has 168 valence electrons. The van der Waals surface area contributed by atoms with Gasteiger partial charge in [0, 0.05) is 18.3 Å². The number of H-pyrrole nitrogens is 1. The summed E-state index contributed by atoms with van der Waals surface area (Å²) < 4.78 is 0. The standard InChI is InChI=1S/C19H32N6O5/c1-5-11(4)16(25-17(27)15(20)10(2)3)18(28)22-8-14(26)24-13(19(29)30)6-12-7-21-9-23-12/h7,9-11,13,15-16H,5-6,8,20H2,1-4H3,(H,21,23)(H,22,28)(H,24,26)(H,25,27)(H,29,30). The van der Waals surface area contributed by atoms with Crippen molar-refractivity contribution in [1.29, 1.82) is 0 Å². The van der Waals surface area contributed by atoms with Crippen LogP contribution in [-0.4, -0.2) is 63.4 Å². The Morgan fingerprint density at radius 1 is 1.17 bits per heavy atom. The number of aromatic amines is 1. The summed E-state index contributed by atoms with van der Waals surface area (Å²) in [5.74, 6) is -3.15. The summed E-state index contributed by atoms with van der Waals surface area (Å²) in [6.07, 6.45) is 3.51. The summed E-state index contributed by atoms with van der Waals surface area (Å²) in [6, 6.07) is -2.80. The van der Waals surface area contributed by atoms with E-state index in [0.29, 0.717) is 12.1 Å². The van der Waals surface area contributed by atoms with Crippen molar-refractivity contribution in [2.75, 3.05) is 6.54 Å². The number of carbonyl (C=O) groups is 4. The predicted molar refractivity (Wildman–Crippen MR) is 109 cm³/mol. The number of nitrogens with two attached hydrogens (primary N) is 1. The molecule has 0 saturated heterocycles. The normalized spacial score (nSPS) is 15.0. The average Bonchev–Trinajstić information content (AvgIpc) is 3.21. The second kappa shape index (κ2) is 11.9. The van der Waals surface area contributed by atoms with Crippen LogP contribution in [0.3, 0.4) is 0 Å². The van der Waals surface area contributed by atoms with Crippen LogP contribution in [0.2, 0.25) is 0 Å². The molecule has 0 aromatic carbocycles. The van der Waals surface area contributed by atoms with Gasteiger partial charge in [-0.1, -0.05) is 34.1 Å². The third kappa shape index (κ3) is 7.82. The number of carboxylic acid groups (broad SMARTS) is 1. The van der Waals surface area contributed by atoms with Gasteiger partial charge >= 0.3 is 5.97 Å². The third-order valence-electron chi connectivity index (χ3n) is 4.85. The number of carbonyl (C=O) groups excluding carboxylic acids is 3. The highest BCUT2D eigenvalue weighted by atomic mass is 16.4. The van der Waals surface area contributed by atoms with Crippen molar-refractivity contribution in [3.05, 3.63) is 18.2 Å². The molecule has 1 heterocycles. The zero-order valence-electron chi connectivity index (χ0n) is 17.8. The lowest BCUT2D eigenvalue weighted by Gasteiger charge is -2.26. The molecule has 3 amide bonds. The summed E-state index contributed by atoms with van der Waals surface area (Å²) in [5, 5.41) is 16.8. The van der Waals surface area contributed by atoms with Crippen molar-refractivity contribution >= 4 is 23.7 Å². The van der Waals surface area contributed by atoms with Gasteiger partial charge in [-0.3, -0.25) is 14.4 Å². The molecule has 1 aromatic rings. The first-order chi connectivity index (χ1) is 14.1. The number of hydrogen-bond donors (Lipinski definition) is 6. The van der Waals surface area contributed by atoms with Gasteiger partial charge in [-0.25, -0.2) is 9.78 Å². The van der Waals surface area contributed by atoms with E-state index in [1.54, 1.807) is 20.8 Å². The Labute approximate surface area is 175 Å². The number of carboxylic acids is 1. The lowest BCUT2D eigenvalue weighted by molar-refractivity contribution is -0.141. The van der Waals surface area contributed by atoms with Crippen LogP contribution < -0.4 is 21.7 Å². The molecule has 11 nitrogen and oxygen atoms in total. The molecule has 1 rings (SSSR count). The van der Waals surface area contributed by atoms with Gasteiger partial charge in [0.15, 0.2) is 0 Å². The topological polar surface area (TPSA) is 179 Å². The van der Waals surface area contributed by atoms with Crippen LogP contribution in [0, 0.1) is 11.8 Å². The molecule has 7 N–H and O–H groups in total. The van der Waals surface area contributed by atoms with E-state index in [0.717, 1.165) is 0 Å². The zero-order valence-corrected chi connectivity index (χ0v) is 17.8. The first kappa shape index (κ1) is 25.1. The number of nitrogens with one attached hydrogen (secondary N) is 4. The summed E-state index contributed by atoms with van der Waals surface area (Å²) in [4.78, 5) is 54.9. The van der Waals surface area contributed by atoms with E-state index in [-0.39, 0.29) is 18.3 Å². The smallest absolute Gasteiger partial charge is 0.326 e. The fourth-order valence-electron chi connectivity index (χ4n) is 2.59. The van der Waals surface area contributed by atoms with Gasteiger partial charge in [0.05, 0.1) is 18.9 Å². The lowest BCUT2D eigenvalue weighted by atomic mass is 9.96. The quantitative estimate of drug-likeness (QED) is 0.253. The molecule has 11 heteroatoms. The van der Waals surface area contributed by atoms with Crippen LogP contribution in [0.1, 0.15) is 39.8 Å². The fourth-order valence-corrected chi connectivity index (χ4v) is 2.59. The number of amides is 3. The van der Waals surface area contributed by atoms with Crippen LogP contribution in [0.4, 0.5) is 0 Å². The monoisotopic (exact) mass is 424 g/mol. The first-order valence-corrected chi connectivity index (χ1v) is 9.89. The molecule has 0 bridgehead atoms. The number of nitrogens with zero attached hydrogens (tertiary/aromatic N) is 1. The Bertz CT molecular complexity index is 721. The minimum Gasteiger partial charge on any atom is -0.480 e. The van der Waals surface area contributed by atoms with Crippen molar-refractivity contribution in [1.82, 2.24) is 25.9 Å². The molecule has 0 aliphatic rings. The van der Waals surface area contributed by atoms with Crippen molar-refractivity contribution in [2.24, 2.45) is 17.6 Å². The van der Waals surface area contributed by atoms with E-state index in [1.165, 1.54) is 12.5 Å². The van der Waals surface area contributed by atoms with Crippen LogP contribution in [0.25, 0.3) is 0 Å². The SMILES string of the molecule is CCC(C)C(NC(=O)C(N)C(C)C)C(=O)NCC(=O)NC(Cc1cnc[nH]1)C(=O)O.